The van der Waals surface area contributed by atoms with Crippen LogP contribution in [-0.2, 0) is 17.6 Å². The van der Waals surface area contributed by atoms with Crippen molar-refractivity contribution < 1.29 is 4.79 Å². The molecule has 0 saturated carbocycles. The number of aryl methyl sites for hydroxylation is 1. The standard InChI is InChI=1S/C12H10N2OS/c15-9-1-2-10-11(7-9)16-12(14-10)8-3-5-13-6-4-8/h3-6H,1-2,7H2. The molecule has 0 spiro atoms. The van der Waals surface area contributed by atoms with Crippen LogP contribution in [-0.4, -0.2) is 15.8 Å². The molecule has 0 fully saturated rings. The Morgan fingerprint density at radius 2 is 2.00 bits per heavy atom. The first-order valence-electron chi connectivity index (χ1n) is 5.23. The molecule has 1 aliphatic carbocycles. The minimum Gasteiger partial charge on any atom is -0.299 e. The SMILES string of the molecule is O=C1CCc2nc(-c3ccncc3)sc2C1. The number of carbonyl (C=O) groups excluding carboxylic acids is 1. The molecule has 1 aliphatic rings. The Hall–Kier alpha value is -1.55. The van der Waals surface area contributed by atoms with E-state index in [9.17, 15) is 4.79 Å². The number of rotatable bonds is 1. The summed E-state index contributed by atoms with van der Waals surface area (Å²) in [4.78, 5) is 21.1. The largest absolute Gasteiger partial charge is 0.299 e. The number of Topliss-reactive ketones (excluding diaryl/α,β-unsaturated/α-hetero) is 1. The van der Waals surface area contributed by atoms with E-state index in [4.69, 9.17) is 0 Å². The first kappa shape index (κ1) is 9.66. The number of nitrogens with zero attached hydrogens (tertiary/aromatic N) is 2. The fourth-order valence-corrected chi connectivity index (χ4v) is 3.00. The van der Waals surface area contributed by atoms with Crippen molar-refractivity contribution in [2.45, 2.75) is 19.3 Å². The molecule has 0 saturated heterocycles. The number of hydrogen-bond acceptors (Lipinski definition) is 4. The maximum Gasteiger partial charge on any atom is 0.138 e. The van der Waals surface area contributed by atoms with Gasteiger partial charge in [0.25, 0.3) is 0 Å². The average Bonchev–Trinajstić information content (AvgIpc) is 2.73. The van der Waals surface area contributed by atoms with Crippen molar-refractivity contribution in [3.05, 3.63) is 35.1 Å². The van der Waals surface area contributed by atoms with E-state index in [0.717, 1.165) is 27.6 Å². The van der Waals surface area contributed by atoms with Crippen molar-refractivity contribution in [3.8, 4) is 10.6 Å². The van der Waals surface area contributed by atoms with Crippen LogP contribution in [0.15, 0.2) is 24.5 Å². The smallest absolute Gasteiger partial charge is 0.138 e. The lowest BCUT2D eigenvalue weighted by molar-refractivity contribution is -0.118. The molecule has 0 atom stereocenters. The van der Waals surface area contributed by atoms with Crippen molar-refractivity contribution in [2.24, 2.45) is 0 Å². The predicted octanol–water partition coefficient (Wildman–Crippen LogP) is 2.26. The molecule has 2 heterocycles. The minimum absolute atomic E-state index is 0.331. The molecule has 80 valence electrons. The third-order valence-electron chi connectivity index (χ3n) is 2.70. The van der Waals surface area contributed by atoms with Gasteiger partial charge in [0.15, 0.2) is 0 Å². The van der Waals surface area contributed by atoms with Crippen molar-refractivity contribution in [1.29, 1.82) is 0 Å². The van der Waals surface area contributed by atoms with Crippen LogP contribution in [0.5, 0.6) is 0 Å². The summed E-state index contributed by atoms with van der Waals surface area (Å²) in [7, 11) is 0. The predicted molar refractivity (Wildman–Crippen MR) is 62.4 cm³/mol. The minimum atomic E-state index is 0.331. The van der Waals surface area contributed by atoms with Gasteiger partial charge in [0.2, 0.25) is 0 Å². The third kappa shape index (κ3) is 1.65. The van der Waals surface area contributed by atoms with Crippen LogP contribution < -0.4 is 0 Å². The van der Waals surface area contributed by atoms with Gasteiger partial charge in [-0.1, -0.05) is 0 Å². The molecule has 3 rings (SSSR count). The van der Waals surface area contributed by atoms with E-state index in [1.54, 1.807) is 23.7 Å². The van der Waals surface area contributed by atoms with Crippen LogP contribution in [0.4, 0.5) is 0 Å². The van der Waals surface area contributed by atoms with Crippen LogP contribution in [0.3, 0.4) is 0 Å². The molecule has 0 amide bonds. The second-order valence-corrected chi connectivity index (χ2v) is 4.92. The highest BCUT2D eigenvalue weighted by atomic mass is 32.1. The van der Waals surface area contributed by atoms with Gasteiger partial charge in [0.05, 0.1) is 5.69 Å². The summed E-state index contributed by atoms with van der Waals surface area (Å²) in [5.74, 6) is 0.331. The number of hydrogen-bond donors (Lipinski definition) is 0. The number of carbonyl (C=O) groups is 1. The molecule has 2 aromatic heterocycles. The topological polar surface area (TPSA) is 42.9 Å². The zero-order chi connectivity index (χ0) is 11.0. The monoisotopic (exact) mass is 230 g/mol. The maximum absolute atomic E-state index is 11.3. The summed E-state index contributed by atoms with van der Waals surface area (Å²) >= 11 is 1.63. The summed E-state index contributed by atoms with van der Waals surface area (Å²) < 4.78 is 0. The van der Waals surface area contributed by atoms with Crippen LogP contribution in [0, 0.1) is 0 Å². The highest BCUT2D eigenvalue weighted by molar-refractivity contribution is 7.15. The first-order valence-corrected chi connectivity index (χ1v) is 6.05. The molecule has 0 aliphatic heterocycles. The molecule has 16 heavy (non-hydrogen) atoms. The molecule has 0 bridgehead atoms. The van der Waals surface area contributed by atoms with E-state index in [2.05, 4.69) is 9.97 Å². The van der Waals surface area contributed by atoms with Crippen molar-refractivity contribution in [3.63, 3.8) is 0 Å². The maximum atomic E-state index is 11.3. The lowest BCUT2D eigenvalue weighted by atomic mass is 10.0. The summed E-state index contributed by atoms with van der Waals surface area (Å²) in [5, 5.41) is 1.00. The lowest BCUT2D eigenvalue weighted by Crippen LogP contribution is -2.11. The van der Waals surface area contributed by atoms with E-state index < -0.39 is 0 Å². The number of pyridine rings is 1. The van der Waals surface area contributed by atoms with Crippen LogP contribution in [0.2, 0.25) is 0 Å². The fraction of sp³-hybridized carbons (Fsp3) is 0.250. The molecular formula is C12H10N2OS. The van der Waals surface area contributed by atoms with Gasteiger partial charge in [-0.05, 0) is 18.6 Å². The van der Waals surface area contributed by atoms with E-state index >= 15 is 0 Å². The van der Waals surface area contributed by atoms with Crippen molar-refractivity contribution >= 4 is 17.1 Å². The lowest BCUT2D eigenvalue weighted by Gasteiger charge is -2.06. The number of fused-ring (bicyclic) bond motifs is 1. The summed E-state index contributed by atoms with van der Waals surface area (Å²) in [5.41, 5.74) is 2.19. The van der Waals surface area contributed by atoms with Crippen LogP contribution >= 0.6 is 11.3 Å². The molecule has 0 aromatic carbocycles. The highest BCUT2D eigenvalue weighted by Crippen LogP contribution is 2.31. The van der Waals surface area contributed by atoms with Crippen LogP contribution in [0.25, 0.3) is 10.6 Å². The summed E-state index contributed by atoms with van der Waals surface area (Å²) in [6.07, 6.45) is 5.54. The van der Waals surface area contributed by atoms with E-state index in [1.807, 2.05) is 12.1 Å². The van der Waals surface area contributed by atoms with E-state index in [-0.39, 0.29) is 0 Å². The molecular weight excluding hydrogens is 220 g/mol. The number of ketones is 1. The summed E-state index contributed by atoms with van der Waals surface area (Å²) in [6, 6.07) is 3.90. The van der Waals surface area contributed by atoms with Gasteiger partial charge >= 0.3 is 0 Å². The zero-order valence-corrected chi connectivity index (χ0v) is 9.46. The molecule has 4 heteroatoms. The van der Waals surface area contributed by atoms with Gasteiger partial charge in [0.1, 0.15) is 10.8 Å². The van der Waals surface area contributed by atoms with E-state index in [0.29, 0.717) is 18.6 Å². The van der Waals surface area contributed by atoms with Gasteiger partial charge in [-0.15, -0.1) is 11.3 Å². The normalized spacial score (nSPS) is 14.9. The molecule has 0 radical (unpaired) electrons. The van der Waals surface area contributed by atoms with Gasteiger partial charge in [-0.3, -0.25) is 9.78 Å². The highest BCUT2D eigenvalue weighted by Gasteiger charge is 2.20. The Morgan fingerprint density at radius 3 is 2.81 bits per heavy atom. The van der Waals surface area contributed by atoms with E-state index in [1.165, 1.54) is 0 Å². The Labute approximate surface area is 97.2 Å². The molecule has 0 N–H and O–H groups in total. The van der Waals surface area contributed by atoms with Gasteiger partial charge in [-0.2, -0.15) is 0 Å². The average molecular weight is 230 g/mol. The first-order chi connectivity index (χ1) is 7.83. The van der Waals surface area contributed by atoms with Crippen LogP contribution in [0.1, 0.15) is 17.0 Å². The Kier molecular flexibility index (Phi) is 2.29. The van der Waals surface area contributed by atoms with Crippen molar-refractivity contribution in [2.75, 3.05) is 0 Å². The summed E-state index contributed by atoms with van der Waals surface area (Å²) in [6.45, 7) is 0. The quantitative estimate of drug-likeness (QED) is 0.754. The van der Waals surface area contributed by atoms with Gasteiger partial charge in [-0.25, -0.2) is 4.98 Å². The molecule has 2 aromatic rings. The Bertz CT molecular complexity index is 533. The van der Waals surface area contributed by atoms with Gasteiger partial charge in [0, 0.05) is 35.7 Å². The number of thiazole rings is 1. The molecule has 3 nitrogen and oxygen atoms in total. The number of aromatic nitrogens is 2. The Balaban J connectivity index is 2.02. The second kappa shape index (κ2) is 3.79. The molecule has 0 unspecified atom stereocenters. The second-order valence-electron chi connectivity index (χ2n) is 3.84. The zero-order valence-electron chi connectivity index (χ0n) is 8.64. The Morgan fingerprint density at radius 1 is 1.19 bits per heavy atom. The third-order valence-corrected chi connectivity index (χ3v) is 3.85. The fourth-order valence-electron chi connectivity index (χ4n) is 1.86. The van der Waals surface area contributed by atoms with Crippen molar-refractivity contribution in [1.82, 2.24) is 9.97 Å². The van der Waals surface area contributed by atoms with Gasteiger partial charge < -0.3 is 0 Å².